The average molecular weight is 158 g/mol. The van der Waals surface area contributed by atoms with Gasteiger partial charge in [0.1, 0.15) is 0 Å². The first kappa shape index (κ1) is 7.60. The van der Waals surface area contributed by atoms with Gasteiger partial charge in [-0.05, 0) is 41.3 Å². The van der Waals surface area contributed by atoms with Gasteiger partial charge in [-0.1, -0.05) is 31.2 Å². The Hall–Kier alpha value is -1.04. The topological polar surface area (TPSA) is 0 Å². The number of hydrogen-bond acceptors (Lipinski definition) is 0. The van der Waals surface area contributed by atoms with Gasteiger partial charge < -0.3 is 0 Å². The van der Waals surface area contributed by atoms with Gasteiger partial charge in [0.05, 0.1) is 0 Å². The molecule has 0 bridgehead atoms. The SMILES string of the molecule is Cc1cc2c(cc1C)=CC(C)C=2. The van der Waals surface area contributed by atoms with Crippen LogP contribution in [0.2, 0.25) is 0 Å². The highest BCUT2D eigenvalue weighted by molar-refractivity contribution is 5.51. The molecule has 0 amide bonds. The number of fused-ring (bicyclic) bond motifs is 1. The van der Waals surface area contributed by atoms with Crippen molar-refractivity contribution in [3.63, 3.8) is 0 Å². The van der Waals surface area contributed by atoms with Crippen molar-refractivity contribution in [3.8, 4) is 0 Å². The summed E-state index contributed by atoms with van der Waals surface area (Å²) in [5, 5.41) is 2.82. The van der Waals surface area contributed by atoms with E-state index >= 15 is 0 Å². The van der Waals surface area contributed by atoms with Crippen LogP contribution in [0.4, 0.5) is 0 Å². The molecule has 0 nitrogen and oxygen atoms in total. The molecule has 0 fully saturated rings. The number of benzene rings is 1. The molecule has 1 aliphatic carbocycles. The van der Waals surface area contributed by atoms with Gasteiger partial charge in [-0.25, -0.2) is 0 Å². The largest absolute Gasteiger partial charge is 0.0700 e. The minimum absolute atomic E-state index is 0.612. The molecular weight excluding hydrogens is 144 g/mol. The van der Waals surface area contributed by atoms with Crippen LogP contribution in [0.5, 0.6) is 0 Å². The summed E-state index contributed by atoms with van der Waals surface area (Å²) in [7, 11) is 0. The van der Waals surface area contributed by atoms with Crippen LogP contribution in [-0.2, 0) is 0 Å². The van der Waals surface area contributed by atoms with Gasteiger partial charge in [0, 0.05) is 0 Å². The van der Waals surface area contributed by atoms with Crippen LogP contribution in [0, 0.1) is 19.8 Å². The van der Waals surface area contributed by atoms with Crippen LogP contribution < -0.4 is 10.4 Å². The summed E-state index contributed by atoms with van der Waals surface area (Å²) >= 11 is 0. The zero-order valence-corrected chi connectivity index (χ0v) is 7.89. The Balaban J connectivity index is 2.80. The highest BCUT2D eigenvalue weighted by atomic mass is 14.1. The van der Waals surface area contributed by atoms with Crippen molar-refractivity contribution >= 4 is 12.2 Å². The Kier molecular flexibility index (Phi) is 1.57. The molecule has 0 saturated heterocycles. The Morgan fingerprint density at radius 1 is 0.917 bits per heavy atom. The average Bonchev–Trinajstić information content (AvgIpc) is 2.30. The molecular formula is C12H14. The summed E-state index contributed by atoms with van der Waals surface area (Å²) in [6.45, 7) is 6.57. The first-order valence-corrected chi connectivity index (χ1v) is 4.48. The van der Waals surface area contributed by atoms with Gasteiger partial charge in [0.15, 0.2) is 0 Å². The fourth-order valence-electron chi connectivity index (χ4n) is 1.76. The molecule has 2 rings (SSSR count). The number of hydrogen-bond donors (Lipinski definition) is 0. The minimum atomic E-state index is 0.612. The predicted octanol–water partition coefficient (Wildman–Crippen LogP) is 1.51. The molecule has 12 heavy (non-hydrogen) atoms. The van der Waals surface area contributed by atoms with Crippen molar-refractivity contribution in [3.05, 3.63) is 33.7 Å². The van der Waals surface area contributed by atoms with Crippen LogP contribution in [0.15, 0.2) is 12.1 Å². The third-order valence-electron chi connectivity index (χ3n) is 2.58. The molecule has 0 saturated carbocycles. The first-order valence-electron chi connectivity index (χ1n) is 4.48. The Morgan fingerprint density at radius 2 is 1.33 bits per heavy atom. The fraction of sp³-hybridized carbons (Fsp3) is 0.333. The van der Waals surface area contributed by atoms with E-state index in [1.54, 1.807) is 0 Å². The molecule has 0 spiro atoms. The van der Waals surface area contributed by atoms with E-state index in [-0.39, 0.29) is 0 Å². The van der Waals surface area contributed by atoms with E-state index < -0.39 is 0 Å². The summed E-state index contributed by atoms with van der Waals surface area (Å²) in [5.41, 5.74) is 2.79. The minimum Gasteiger partial charge on any atom is -0.0700 e. The molecule has 0 heterocycles. The van der Waals surface area contributed by atoms with Gasteiger partial charge in [-0.2, -0.15) is 0 Å². The van der Waals surface area contributed by atoms with Crippen molar-refractivity contribution in [2.75, 3.05) is 0 Å². The van der Waals surface area contributed by atoms with Gasteiger partial charge >= 0.3 is 0 Å². The van der Waals surface area contributed by atoms with E-state index in [0.717, 1.165) is 0 Å². The van der Waals surface area contributed by atoms with E-state index in [1.807, 2.05) is 0 Å². The summed E-state index contributed by atoms with van der Waals surface area (Å²) in [4.78, 5) is 0. The lowest BCUT2D eigenvalue weighted by Gasteiger charge is -1.96. The van der Waals surface area contributed by atoms with Crippen molar-refractivity contribution < 1.29 is 0 Å². The molecule has 1 aromatic carbocycles. The molecule has 62 valence electrons. The zero-order chi connectivity index (χ0) is 8.72. The molecule has 1 aliphatic rings. The number of aryl methyl sites for hydroxylation is 2. The molecule has 1 aromatic rings. The van der Waals surface area contributed by atoms with Crippen molar-refractivity contribution in [1.29, 1.82) is 0 Å². The molecule has 0 aliphatic heterocycles. The lowest BCUT2D eigenvalue weighted by molar-refractivity contribution is 1.07. The summed E-state index contributed by atoms with van der Waals surface area (Å²) in [6, 6.07) is 4.56. The van der Waals surface area contributed by atoms with E-state index in [9.17, 15) is 0 Å². The maximum Gasteiger partial charge on any atom is -0.00635 e. The highest BCUT2D eigenvalue weighted by Gasteiger charge is 2.02. The maximum absolute atomic E-state index is 2.32. The fourth-order valence-corrected chi connectivity index (χ4v) is 1.76. The Bertz CT molecular complexity index is 383. The van der Waals surface area contributed by atoms with Crippen LogP contribution in [0.1, 0.15) is 18.1 Å². The van der Waals surface area contributed by atoms with E-state index in [1.165, 1.54) is 21.6 Å². The van der Waals surface area contributed by atoms with Crippen LogP contribution >= 0.6 is 0 Å². The second-order valence-corrected chi connectivity index (χ2v) is 3.76. The standard InChI is InChI=1S/C12H14/c1-8-4-11-6-9(2)10(3)7-12(11)5-8/h4-8H,1-3H3. The summed E-state index contributed by atoms with van der Waals surface area (Å²) in [6.07, 6.45) is 4.64. The first-order chi connectivity index (χ1) is 5.66. The van der Waals surface area contributed by atoms with Crippen LogP contribution in [0.3, 0.4) is 0 Å². The predicted molar refractivity (Wildman–Crippen MR) is 53.3 cm³/mol. The number of rotatable bonds is 0. The van der Waals surface area contributed by atoms with Crippen molar-refractivity contribution in [1.82, 2.24) is 0 Å². The second kappa shape index (κ2) is 2.48. The van der Waals surface area contributed by atoms with Crippen molar-refractivity contribution in [2.24, 2.45) is 5.92 Å². The quantitative estimate of drug-likeness (QED) is 0.537. The summed E-state index contributed by atoms with van der Waals surface area (Å²) < 4.78 is 0. The summed E-state index contributed by atoms with van der Waals surface area (Å²) in [5.74, 6) is 0.612. The van der Waals surface area contributed by atoms with Crippen molar-refractivity contribution in [2.45, 2.75) is 20.8 Å². The highest BCUT2D eigenvalue weighted by Crippen LogP contribution is 2.05. The molecule has 0 unspecified atom stereocenters. The third-order valence-corrected chi connectivity index (χ3v) is 2.58. The van der Waals surface area contributed by atoms with Gasteiger partial charge in [0.2, 0.25) is 0 Å². The zero-order valence-electron chi connectivity index (χ0n) is 7.89. The molecule has 0 heteroatoms. The monoisotopic (exact) mass is 158 g/mol. The van der Waals surface area contributed by atoms with E-state index in [2.05, 4.69) is 45.1 Å². The Labute approximate surface area is 73.2 Å². The van der Waals surface area contributed by atoms with Crippen LogP contribution in [-0.4, -0.2) is 0 Å². The second-order valence-electron chi connectivity index (χ2n) is 3.76. The van der Waals surface area contributed by atoms with E-state index in [0.29, 0.717) is 5.92 Å². The lowest BCUT2D eigenvalue weighted by Crippen LogP contribution is -2.21. The third kappa shape index (κ3) is 1.08. The van der Waals surface area contributed by atoms with Gasteiger partial charge in [0.25, 0.3) is 0 Å². The molecule has 0 aromatic heterocycles. The van der Waals surface area contributed by atoms with Gasteiger partial charge in [-0.3, -0.25) is 0 Å². The Morgan fingerprint density at radius 3 is 1.75 bits per heavy atom. The van der Waals surface area contributed by atoms with Gasteiger partial charge in [-0.15, -0.1) is 0 Å². The van der Waals surface area contributed by atoms with Crippen LogP contribution in [0.25, 0.3) is 12.2 Å². The maximum atomic E-state index is 2.32. The lowest BCUT2D eigenvalue weighted by atomic mass is 10.1. The molecule has 0 radical (unpaired) electrons. The van der Waals surface area contributed by atoms with E-state index in [4.69, 9.17) is 0 Å². The molecule has 0 N–H and O–H groups in total. The molecule has 0 atom stereocenters. The normalized spacial score (nSPS) is 15.2. The smallest absolute Gasteiger partial charge is 0.00635 e.